The maximum absolute atomic E-state index is 15.2. The number of carbonyl (C=O) groups excluding carboxylic acids is 1. The molecule has 0 radical (unpaired) electrons. The number of carbonyl (C=O) groups is 1. The fourth-order valence-corrected chi connectivity index (χ4v) is 3.92. The van der Waals surface area contributed by atoms with Crippen LogP contribution in [0.3, 0.4) is 0 Å². The van der Waals surface area contributed by atoms with Crippen LogP contribution in [0.15, 0.2) is 83.9 Å². The molecule has 4 aromatic rings. The second kappa shape index (κ2) is 8.43. The number of ether oxygens (including phenoxy) is 1. The second-order valence-corrected chi connectivity index (χ2v) is 7.83. The van der Waals surface area contributed by atoms with Crippen molar-refractivity contribution < 1.29 is 13.9 Å². The van der Waals surface area contributed by atoms with Crippen molar-refractivity contribution in [3.05, 3.63) is 95.2 Å². The Morgan fingerprint density at radius 3 is 2.53 bits per heavy atom. The molecule has 0 saturated carbocycles. The van der Waals surface area contributed by atoms with Crippen LogP contribution < -0.4 is 15.1 Å². The first-order valence-corrected chi connectivity index (χ1v) is 10.5. The van der Waals surface area contributed by atoms with Crippen LogP contribution in [-0.4, -0.2) is 39.1 Å². The number of halogens is 1. The Labute approximate surface area is 194 Å². The van der Waals surface area contributed by atoms with Crippen LogP contribution in [-0.2, 0) is 4.79 Å². The number of hydrogen-bond acceptors (Lipinski definition) is 5. The summed E-state index contributed by atoms with van der Waals surface area (Å²) in [7, 11) is 1.37. The maximum atomic E-state index is 15.2. The minimum absolute atomic E-state index is 0.000285. The molecule has 1 aliphatic heterocycles. The lowest BCUT2D eigenvalue weighted by molar-refractivity contribution is -0.116. The van der Waals surface area contributed by atoms with Crippen molar-refractivity contribution in [3.63, 3.8) is 0 Å². The van der Waals surface area contributed by atoms with E-state index in [1.165, 1.54) is 35.0 Å². The molecule has 34 heavy (non-hydrogen) atoms. The topological polar surface area (TPSA) is 82.3 Å². The van der Waals surface area contributed by atoms with Gasteiger partial charge in [0.15, 0.2) is 17.3 Å². The summed E-state index contributed by atoms with van der Waals surface area (Å²) in [6.07, 6.45) is 3.14. The Bertz CT molecular complexity index is 1480. The molecule has 1 fully saturated rings. The van der Waals surface area contributed by atoms with Gasteiger partial charge in [-0.2, -0.15) is 10.2 Å². The molecule has 0 atom stereocenters. The molecule has 2 aromatic carbocycles. The summed E-state index contributed by atoms with van der Waals surface area (Å²) in [6, 6.07) is 15.4. The van der Waals surface area contributed by atoms with Gasteiger partial charge in [-0.25, -0.2) is 13.8 Å². The quantitative estimate of drug-likeness (QED) is 0.428. The van der Waals surface area contributed by atoms with Gasteiger partial charge in [-0.05, 0) is 42.0 Å². The SMILES string of the molecule is C=C1CC(=O)N(c2ccc(-n3cc(OC)c(=O)c(-c4ccnn4-c4ccccc4)n3)c(F)c2)C1. The van der Waals surface area contributed by atoms with Gasteiger partial charge in [0.2, 0.25) is 5.91 Å². The van der Waals surface area contributed by atoms with Crippen molar-refractivity contribution in [1.29, 1.82) is 0 Å². The smallest absolute Gasteiger partial charge is 0.251 e. The van der Waals surface area contributed by atoms with Crippen LogP contribution >= 0.6 is 0 Å². The predicted molar refractivity (Wildman–Crippen MR) is 125 cm³/mol. The molecule has 9 heteroatoms. The lowest BCUT2D eigenvalue weighted by atomic mass is 10.2. The maximum Gasteiger partial charge on any atom is 0.251 e. The van der Waals surface area contributed by atoms with Gasteiger partial charge in [0, 0.05) is 18.7 Å². The third-order valence-corrected chi connectivity index (χ3v) is 5.57. The van der Waals surface area contributed by atoms with Crippen molar-refractivity contribution in [3.8, 4) is 28.5 Å². The zero-order chi connectivity index (χ0) is 23.8. The molecule has 3 heterocycles. The molecule has 0 spiro atoms. The van der Waals surface area contributed by atoms with Crippen molar-refractivity contribution >= 4 is 11.6 Å². The fraction of sp³-hybridized carbons (Fsp3) is 0.120. The van der Waals surface area contributed by atoms with E-state index in [1.807, 2.05) is 30.3 Å². The van der Waals surface area contributed by atoms with Gasteiger partial charge in [-0.1, -0.05) is 24.8 Å². The first-order valence-electron chi connectivity index (χ1n) is 10.5. The molecule has 1 aliphatic rings. The lowest BCUT2D eigenvalue weighted by Gasteiger charge is -2.17. The van der Waals surface area contributed by atoms with Crippen molar-refractivity contribution in [2.24, 2.45) is 0 Å². The van der Waals surface area contributed by atoms with Crippen LogP contribution in [0.2, 0.25) is 0 Å². The van der Waals surface area contributed by atoms with Crippen LogP contribution in [0, 0.1) is 5.82 Å². The van der Waals surface area contributed by atoms with E-state index in [-0.39, 0.29) is 29.5 Å². The Hall–Kier alpha value is -4.53. The van der Waals surface area contributed by atoms with E-state index in [0.717, 1.165) is 11.3 Å². The Balaban J connectivity index is 1.61. The predicted octanol–water partition coefficient (Wildman–Crippen LogP) is 3.53. The van der Waals surface area contributed by atoms with E-state index in [2.05, 4.69) is 16.8 Å². The van der Waals surface area contributed by atoms with E-state index in [4.69, 9.17) is 4.74 Å². The van der Waals surface area contributed by atoms with Gasteiger partial charge in [0.1, 0.15) is 5.69 Å². The molecule has 0 bridgehead atoms. The molecule has 8 nitrogen and oxygen atoms in total. The lowest BCUT2D eigenvalue weighted by Crippen LogP contribution is -2.24. The van der Waals surface area contributed by atoms with Crippen LogP contribution in [0.4, 0.5) is 10.1 Å². The zero-order valence-corrected chi connectivity index (χ0v) is 18.3. The van der Waals surface area contributed by atoms with Crippen molar-refractivity contribution in [2.75, 3.05) is 18.6 Å². The van der Waals surface area contributed by atoms with Gasteiger partial charge in [-0.15, -0.1) is 0 Å². The minimum Gasteiger partial charge on any atom is -0.491 e. The first-order chi connectivity index (χ1) is 16.5. The van der Waals surface area contributed by atoms with Crippen LogP contribution in [0.1, 0.15) is 6.42 Å². The Morgan fingerprint density at radius 2 is 1.85 bits per heavy atom. The van der Waals surface area contributed by atoms with E-state index in [1.54, 1.807) is 23.0 Å². The molecule has 2 aromatic heterocycles. The molecular formula is C25H20FN5O3. The Kier molecular flexibility index (Phi) is 5.29. The summed E-state index contributed by atoms with van der Waals surface area (Å²) in [4.78, 5) is 26.7. The summed E-state index contributed by atoms with van der Waals surface area (Å²) in [6.45, 7) is 4.19. The Morgan fingerprint density at radius 1 is 1.06 bits per heavy atom. The number of para-hydroxylation sites is 1. The number of amides is 1. The van der Waals surface area contributed by atoms with E-state index in [0.29, 0.717) is 17.9 Å². The average Bonchev–Trinajstić information content (AvgIpc) is 3.46. The highest BCUT2D eigenvalue weighted by molar-refractivity contribution is 5.98. The molecule has 5 rings (SSSR count). The van der Waals surface area contributed by atoms with Crippen LogP contribution in [0.5, 0.6) is 5.75 Å². The average molecular weight is 457 g/mol. The van der Waals surface area contributed by atoms with Crippen molar-refractivity contribution in [1.82, 2.24) is 19.6 Å². The third-order valence-electron chi connectivity index (χ3n) is 5.57. The fourth-order valence-electron chi connectivity index (χ4n) is 3.92. The summed E-state index contributed by atoms with van der Waals surface area (Å²) < 4.78 is 23.3. The normalized spacial score (nSPS) is 13.5. The summed E-state index contributed by atoms with van der Waals surface area (Å²) in [5.41, 5.74) is 2.08. The molecule has 0 unspecified atom stereocenters. The van der Waals surface area contributed by atoms with Crippen LogP contribution in [0.25, 0.3) is 22.8 Å². The molecule has 1 amide bonds. The molecule has 170 valence electrons. The zero-order valence-electron chi connectivity index (χ0n) is 18.3. The number of anilines is 1. The molecule has 1 saturated heterocycles. The molecular weight excluding hydrogens is 437 g/mol. The number of methoxy groups -OCH3 is 1. The number of nitrogens with zero attached hydrogens (tertiary/aromatic N) is 5. The molecule has 0 N–H and O–H groups in total. The second-order valence-electron chi connectivity index (χ2n) is 7.83. The number of aromatic nitrogens is 4. The standard InChI is InChI=1S/C25H20FN5O3/c1-16-12-23(32)29(14-16)18-8-9-20(19(26)13-18)30-15-22(34-2)25(33)24(28-30)21-10-11-27-31(21)17-6-4-3-5-7-17/h3-11,13,15H,1,12,14H2,2H3. The van der Waals surface area contributed by atoms with Gasteiger partial charge in [0.25, 0.3) is 5.43 Å². The van der Waals surface area contributed by atoms with Gasteiger partial charge in [0.05, 0.1) is 30.9 Å². The summed E-state index contributed by atoms with van der Waals surface area (Å²) >= 11 is 0. The highest BCUT2D eigenvalue weighted by Crippen LogP contribution is 2.27. The van der Waals surface area contributed by atoms with E-state index < -0.39 is 11.2 Å². The van der Waals surface area contributed by atoms with E-state index in [9.17, 15) is 9.59 Å². The van der Waals surface area contributed by atoms with Crippen molar-refractivity contribution in [2.45, 2.75) is 6.42 Å². The van der Waals surface area contributed by atoms with E-state index >= 15 is 4.39 Å². The highest BCUT2D eigenvalue weighted by atomic mass is 19.1. The summed E-state index contributed by atoms with van der Waals surface area (Å²) in [5.74, 6) is -0.736. The third kappa shape index (κ3) is 3.66. The highest BCUT2D eigenvalue weighted by Gasteiger charge is 2.26. The minimum atomic E-state index is -0.608. The number of hydrogen-bond donors (Lipinski definition) is 0. The first kappa shape index (κ1) is 21.3. The summed E-state index contributed by atoms with van der Waals surface area (Å²) in [5, 5.41) is 8.74. The van der Waals surface area contributed by atoms with Gasteiger partial charge >= 0.3 is 0 Å². The number of benzene rings is 2. The largest absolute Gasteiger partial charge is 0.491 e. The van der Waals surface area contributed by atoms with Gasteiger partial charge < -0.3 is 9.64 Å². The number of rotatable bonds is 5. The molecule has 0 aliphatic carbocycles. The van der Waals surface area contributed by atoms with Gasteiger partial charge in [-0.3, -0.25) is 9.59 Å². The monoisotopic (exact) mass is 457 g/mol.